The average Bonchev–Trinajstić information content (AvgIpc) is 2.98. The molecule has 0 aromatic carbocycles. The monoisotopic (exact) mass is 524 g/mol. The maximum atomic E-state index is 13.2. The highest BCUT2D eigenvalue weighted by Gasteiger charge is 2.28. The van der Waals surface area contributed by atoms with Gasteiger partial charge in [-0.2, -0.15) is 9.07 Å². The van der Waals surface area contributed by atoms with Gasteiger partial charge in [0.1, 0.15) is 15.6 Å². The lowest BCUT2D eigenvalue weighted by molar-refractivity contribution is -0.379. The Morgan fingerprint density at radius 2 is 1.87 bits per heavy atom. The zero-order chi connectivity index (χ0) is 23.7. The van der Waals surface area contributed by atoms with Crippen molar-refractivity contribution in [1.82, 2.24) is 19.7 Å². The molecule has 0 fully saturated rings. The van der Waals surface area contributed by atoms with Gasteiger partial charge < -0.3 is 25.1 Å². The van der Waals surface area contributed by atoms with Crippen molar-refractivity contribution in [3.63, 3.8) is 0 Å². The number of rotatable bonds is 4. The van der Waals surface area contributed by atoms with Gasteiger partial charge in [0.15, 0.2) is 16.7 Å². The largest absolute Gasteiger partial charge is 0.493 e. The van der Waals surface area contributed by atoms with Crippen molar-refractivity contribution in [2.45, 2.75) is 25.9 Å². The molecule has 0 saturated carbocycles. The van der Waals surface area contributed by atoms with Crippen molar-refractivity contribution in [2.24, 2.45) is 5.84 Å². The lowest BCUT2D eigenvalue weighted by Crippen LogP contribution is -2.33. The van der Waals surface area contributed by atoms with Crippen molar-refractivity contribution in [2.75, 3.05) is 19.2 Å². The SMILES string of the molecule is COc1cc(N(C)N)c(C(C)C)nc1Cl.OC(O)(O)n1nc(F)c2nc(Br)c(F)cc21. The van der Waals surface area contributed by atoms with Crippen LogP contribution in [0.15, 0.2) is 16.7 Å². The van der Waals surface area contributed by atoms with E-state index in [2.05, 4.69) is 31.0 Å². The summed E-state index contributed by atoms with van der Waals surface area (Å²) in [6.07, 6.45) is -3.43. The minimum absolute atomic E-state index is 0.0974. The predicted molar refractivity (Wildman–Crippen MR) is 112 cm³/mol. The zero-order valence-electron chi connectivity index (χ0n) is 16.8. The van der Waals surface area contributed by atoms with Gasteiger partial charge in [-0.05, 0) is 21.8 Å². The number of pyridine rings is 2. The maximum absolute atomic E-state index is 13.2. The first-order chi connectivity index (χ1) is 14.3. The van der Waals surface area contributed by atoms with Gasteiger partial charge in [0, 0.05) is 19.2 Å². The smallest absolute Gasteiger partial charge is 0.389 e. The van der Waals surface area contributed by atoms with Gasteiger partial charge in [0.2, 0.25) is 0 Å². The number of halogens is 4. The zero-order valence-corrected chi connectivity index (χ0v) is 19.1. The highest BCUT2D eigenvalue weighted by molar-refractivity contribution is 9.10. The summed E-state index contributed by atoms with van der Waals surface area (Å²) in [5.41, 5.74) is 0.887. The molecule has 5 N–H and O–H groups in total. The van der Waals surface area contributed by atoms with Crippen molar-refractivity contribution in [3.05, 3.63) is 39.3 Å². The Labute approximate surface area is 188 Å². The fraction of sp³-hybridized carbons (Fsp3) is 0.353. The number of hydrogen-bond donors (Lipinski definition) is 4. The first-order valence-corrected chi connectivity index (χ1v) is 9.75. The van der Waals surface area contributed by atoms with Gasteiger partial charge in [-0.25, -0.2) is 20.2 Å². The van der Waals surface area contributed by atoms with Crippen LogP contribution in [0.4, 0.5) is 14.5 Å². The molecule has 0 amide bonds. The fourth-order valence-electron chi connectivity index (χ4n) is 2.51. The van der Waals surface area contributed by atoms with E-state index < -0.39 is 28.9 Å². The second kappa shape index (κ2) is 9.54. The molecule has 0 aliphatic heterocycles. The van der Waals surface area contributed by atoms with E-state index in [0.717, 1.165) is 17.4 Å². The highest BCUT2D eigenvalue weighted by atomic mass is 79.9. The van der Waals surface area contributed by atoms with Crippen LogP contribution in [-0.4, -0.2) is 49.2 Å². The Morgan fingerprint density at radius 3 is 2.35 bits per heavy atom. The highest BCUT2D eigenvalue weighted by Crippen LogP contribution is 2.32. The molecule has 0 bridgehead atoms. The summed E-state index contributed by atoms with van der Waals surface area (Å²) in [7, 11) is 3.31. The molecule has 170 valence electrons. The molecule has 14 heteroatoms. The molecule has 3 rings (SSSR count). The van der Waals surface area contributed by atoms with Crippen LogP contribution in [0.3, 0.4) is 0 Å². The van der Waals surface area contributed by atoms with Crippen LogP contribution < -0.4 is 15.6 Å². The number of hydrazine groups is 1. The van der Waals surface area contributed by atoms with E-state index in [4.69, 9.17) is 37.5 Å². The normalized spacial score (nSPS) is 11.5. The summed E-state index contributed by atoms with van der Waals surface area (Å²) in [6, 6.07) is 2.55. The molecule has 0 aliphatic rings. The minimum Gasteiger partial charge on any atom is -0.493 e. The molecular weight excluding hydrogens is 506 g/mol. The third-order valence-electron chi connectivity index (χ3n) is 3.91. The number of hydrogen-bond acceptors (Lipinski definition) is 9. The van der Waals surface area contributed by atoms with Crippen LogP contribution in [0.1, 0.15) is 25.5 Å². The van der Waals surface area contributed by atoms with Gasteiger partial charge in [-0.3, -0.25) is 0 Å². The van der Waals surface area contributed by atoms with E-state index in [1.54, 1.807) is 20.2 Å². The first-order valence-electron chi connectivity index (χ1n) is 8.58. The van der Waals surface area contributed by atoms with Crippen molar-refractivity contribution < 1.29 is 28.8 Å². The molecule has 0 saturated heterocycles. The molecule has 3 aromatic heterocycles. The molecule has 0 atom stereocenters. The fourth-order valence-corrected chi connectivity index (χ4v) is 3.03. The van der Waals surface area contributed by atoms with E-state index in [-0.39, 0.29) is 15.2 Å². The molecule has 3 heterocycles. The number of anilines is 1. The first kappa shape index (κ1) is 25.1. The Balaban J connectivity index is 0.000000221. The van der Waals surface area contributed by atoms with E-state index in [0.29, 0.717) is 10.9 Å². The van der Waals surface area contributed by atoms with Gasteiger partial charge in [0.05, 0.1) is 18.5 Å². The van der Waals surface area contributed by atoms with E-state index in [1.165, 1.54) is 5.01 Å². The predicted octanol–water partition coefficient (Wildman–Crippen LogP) is 2.19. The molecule has 0 radical (unpaired) electrons. The quantitative estimate of drug-likeness (QED) is 0.174. The molecular formula is C17H20BrClF2N6O4. The Hall–Kier alpha value is -2.16. The van der Waals surface area contributed by atoms with E-state index >= 15 is 0 Å². The van der Waals surface area contributed by atoms with Gasteiger partial charge >= 0.3 is 6.10 Å². The molecule has 0 unspecified atom stereocenters. The topological polar surface area (TPSA) is 143 Å². The number of methoxy groups -OCH3 is 1. The summed E-state index contributed by atoms with van der Waals surface area (Å²) in [6.45, 7) is 4.08. The second-order valence-corrected chi connectivity index (χ2v) is 7.69. The van der Waals surface area contributed by atoms with Crippen LogP contribution >= 0.6 is 27.5 Å². The van der Waals surface area contributed by atoms with Gasteiger partial charge in [0.25, 0.3) is 5.95 Å². The van der Waals surface area contributed by atoms with Gasteiger partial charge in [-0.1, -0.05) is 25.4 Å². The molecule has 0 aliphatic carbocycles. The van der Waals surface area contributed by atoms with Crippen LogP contribution in [0, 0.1) is 11.8 Å². The molecule has 0 spiro atoms. The van der Waals surface area contributed by atoms with E-state index in [1.807, 2.05) is 13.8 Å². The van der Waals surface area contributed by atoms with Crippen LogP contribution in [0.5, 0.6) is 5.75 Å². The number of nitrogens with zero attached hydrogens (tertiary/aromatic N) is 5. The number of nitrogens with two attached hydrogens (primary N) is 1. The lowest BCUT2D eigenvalue weighted by Gasteiger charge is -2.19. The van der Waals surface area contributed by atoms with Gasteiger partial charge in [-0.15, -0.1) is 5.10 Å². The number of aromatic nitrogens is 4. The second-order valence-electron chi connectivity index (χ2n) is 6.58. The molecule has 31 heavy (non-hydrogen) atoms. The van der Waals surface area contributed by atoms with Crippen molar-refractivity contribution in [3.8, 4) is 5.75 Å². The third kappa shape index (κ3) is 5.56. The van der Waals surface area contributed by atoms with Crippen LogP contribution in [0.2, 0.25) is 5.15 Å². The maximum Gasteiger partial charge on any atom is 0.389 e. The Bertz CT molecular complexity index is 1090. The molecule has 3 aromatic rings. The van der Waals surface area contributed by atoms with Crippen LogP contribution in [0.25, 0.3) is 11.0 Å². The number of aliphatic hydroxyl groups is 3. The van der Waals surface area contributed by atoms with Crippen LogP contribution in [-0.2, 0) is 6.10 Å². The summed E-state index contributed by atoms with van der Waals surface area (Å²) in [5.74, 6) is 4.48. The molecule has 10 nitrogen and oxygen atoms in total. The summed E-state index contributed by atoms with van der Waals surface area (Å²) >= 11 is 8.69. The Kier molecular flexibility index (Phi) is 7.73. The minimum atomic E-state index is -3.43. The third-order valence-corrected chi connectivity index (χ3v) is 4.73. The van der Waals surface area contributed by atoms with Crippen molar-refractivity contribution >= 4 is 44.3 Å². The summed E-state index contributed by atoms with van der Waals surface area (Å²) in [5, 5.41) is 31.4. The van der Waals surface area contributed by atoms with Crippen molar-refractivity contribution in [1.29, 1.82) is 0 Å². The van der Waals surface area contributed by atoms with E-state index in [9.17, 15) is 8.78 Å². The summed E-state index contributed by atoms with van der Waals surface area (Å²) in [4.78, 5) is 7.74. The average molecular weight is 526 g/mol. The standard InChI is InChI=1S/C10H16ClN3O.C7H4BrF2N3O3/c1-6(2)9-7(14(3)12)5-8(15-4)10(11)13-9;8-5-2(9)1-3-4(11-5)6(10)12-13(3)7(14,15)16/h5-6H,12H2,1-4H3;1,14-16H. The number of ether oxygens (including phenoxy) is 1. The number of fused-ring (bicyclic) bond motifs is 1. The Morgan fingerprint density at radius 1 is 1.26 bits per heavy atom. The lowest BCUT2D eigenvalue weighted by atomic mass is 10.1. The summed E-state index contributed by atoms with van der Waals surface area (Å²) < 4.78 is 31.2.